The van der Waals surface area contributed by atoms with E-state index in [2.05, 4.69) is 40.2 Å². The number of nitrogen functional groups attached to an aromatic ring is 1. The number of nitrogens with zero attached hydrogens (tertiary/aromatic N) is 5. The van der Waals surface area contributed by atoms with Crippen molar-refractivity contribution < 1.29 is 34.2 Å². The van der Waals surface area contributed by atoms with Gasteiger partial charge in [-0.1, -0.05) is 0 Å². The van der Waals surface area contributed by atoms with Crippen molar-refractivity contribution in [1.82, 2.24) is 25.3 Å². The Labute approximate surface area is 209 Å². The summed E-state index contributed by atoms with van der Waals surface area (Å²) in [6.45, 7) is 0.146. The van der Waals surface area contributed by atoms with Crippen LogP contribution in [-0.4, -0.2) is 54.0 Å². The SMILES string of the molecule is Nc1nc2ncc(CNc3ccc(C(=O)N[C@@H](CCC(=O)O[N+](=O)[O-])C(=O)O[N+](=O)[O-])cc3)nc2c(=O)[nH]1. The van der Waals surface area contributed by atoms with E-state index in [1.165, 1.54) is 30.5 Å². The van der Waals surface area contributed by atoms with E-state index in [4.69, 9.17) is 5.73 Å². The average molecular weight is 531 g/mol. The fraction of sp³-hybridized carbons (Fsp3) is 0.211. The number of aromatic nitrogens is 4. The third-order valence-corrected chi connectivity index (χ3v) is 4.67. The van der Waals surface area contributed by atoms with Crippen molar-refractivity contribution >= 4 is 40.6 Å². The molecule has 198 valence electrons. The van der Waals surface area contributed by atoms with Crippen molar-refractivity contribution in [2.24, 2.45) is 0 Å². The van der Waals surface area contributed by atoms with E-state index in [0.717, 1.165) is 0 Å². The Hall–Kier alpha value is -5.75. The molecule has 0 saturated heterocycles. The van der Waals surface area contributed by atoms with Crippen LogP contribution in [0.4, 0.5) is 11.6 Å². The van der Waals surface area contributed by atoms with Gasteiger partial charge in [-0.2, -0.15) is 4.98 Å². The third kappa shape index (κ3) is 7.37. The van der Waals surface area contributed by atoms with Crippen molar-refractivity contribution in [3.63, 3.8) is 0 Å². The van der Waals surface area contributed by atoms with Crippen LogP contribution in [0.25, 0.3) is 11.2 Å². The minimum absolute atomic E-state index is 0.00215. The Balaban J connectivity index is 1.63. The molecule has 0 aliphatic rings. The number of hydrogen-bond donors (Lipinski definition) is 4. The molecule has 0 bridgehead atoms. The van der Waals surface area contributed by atoms with E-state index in [1.807, 2.05) is 0 Å². The van der Waals surface area contributed by atoms with E-state index in [1.54, 1.807) is 0 Å². The topological polar surface area (TPSA) is 278 Å². The molecule has 5 N–H and O–H groups in total. The van der Waals surface area contributed by atoms with Crippen LogP contribution in [0, 0.1) is 20.2 Å². The molecule has 2 aromatic heterocycles. The highest BCUT2D eigenvalue weighted by Gasteiger charge is 2.26. The van der Waals surface area contributed by atoms with Gasteiger partial charge in [0.25, 0.3) is 11.5 Å². The van der Waals surface area contributed by atoms with Gasteiger partial charge in [0.15, 0.2) is 11.2 Å². The number of carbonyl (C=O) groups excluding carboxylic acids is 3. The summed E-state index contributed by atoms with van der Waals surface area (Å²) >= 11 is 0. The maximum absolute atomic E-state index is 12.5. The Morgan fingerprint density at radius 2 is 1.76 bits per heavy atom. The Kier molecular flexibility index (Phi) is 8.33. The van der Waals surface area contributed by atoms with E-state index in [9.17, 15) is 39.4 Å². The molecule has 0 unspecified atom stereocenters. The van der Waals surface area contributed by atoms with Crippen LogP contribution in [0.15, 0.2) is 35.3 Å². The molecule has 0 radical (unpaired) electrons. The molecule has 0 spiro atoms. The van der Waals surface area contributed by atoms with E-state index < -0.39 is 52.5 Å². The molecular formula is C19H17N9O10. The number of carbonyl (C=O) groups is 3. The summed E-state index contributed by atoms with van der Waals surface area (Å²) in [4.78, 5) is 90.4. The third-order valence-electron chi connectivity index (χ3n) is 4.67. The molecule has 0 saturated carbocycles. The summed E-state index contributed by atoms with van der Waals surface area (Å²) < 4.78 is 0. The molecular weight excluding hydrogens is 514 g/mol. The first-order chi connectivity index (χ1) is 18.0. The summed E-state index contributed by atoms with van der Waals surface area (Å²) in [6.07, 6.45) is 0.117. The molecule has 19 heteroatoms. The normalized spacial score (nSPS) is 11.3. The highest BCUT2D eigenvalue weighted by atomic mass is 17.0. The number of nitrogens with two attached hydrogens (primary N) is 1. The molecule has 1 aromatic carbocycles. The largest absolute Gasteiger partial charge is 0.379 e. The summed E-state index contributed by atoms with van der Waals surface area (Å²) in [5.74, 6) is -3.77. The van der Waals surface area contributed by atoms with Gasteiger partial charge in [0.2, 0.25) is 5.95 Å². The zero-order valence-electron chi connectivity index (χ0n) is 19.0. The van der Waals surface area contributed by atoms with Gasteiger partial charge in [-0.15, -0.1) is 20.2 Å². The minimum atomic E-state index is -1.68. The van der Waals surface area contributed by atoms with Crippen LogP contribution in [0.5, 0.6) is 0 Å². The molecule has 0 aliphatic carbocycles. The van der Waals surface area contributed by atoms with Crippen LogP contribution < -0.4 is 21.9 Å². The molecule has 3 rings (SSSR count). The standard InChI is InChI=1S/C19H17N9O10/c20-19-25-15-14(17(31)26-19)23-11(8-22-15)7-21-10-3-1-9(2-4-10)16(30)24-12(18(32)38-28(35)36)5-6-13(29)37-27(33)34/h1-4,8,12,21H,5-7H2,(H,24,30)(H3,20,22,25,26,31)/t12-/m0/s1. The summed E-state index contributed by atoms with van der Waals surface area (Å²) in [6, 6.07) is 4.04. The highest BCUT2D eigenvalue weighted by Crippen LogP contribution is 2.13. The summed E-state index contributed by atoms with van der Waals surface area (Å²) in [5.41, 5.74) is 5.96. The molecule has 3 aromatic rings. The van der Waals surface area contributed by atoms with Crippen LogP contribution in [0.3, 0.4) is 0 Å². The van der Waals surface area contributed by atoms with Gasteiger partial charge >= 0.3 is 22.1 Å². The molecule has 2 heterocycles. The van der Waals surface area contributed by atoms with Crippen LogP contribution in [0.2, 0.25) is 0 Å². The van der Waals surface area contributed by atoms with E-state index in [0.29, 0.717) is 11.4 Å². The number of H-pyrrole nitrogens is 1. The minimum Gasteiger partial charge on any atom is -0.379 e. The predicted octanol–water partition coefficient (Wildman–Crippen LogP) is -0.744. The summed E-state index contributed by atoms with van der Waals surface area (Å²) in [5, 5.41) is 23.1. The maximum Gasteiger partial charge on any atom is 0.325 e. The van der Waals surface area contributed by atoms with Gasteiger partial charge in [-0.05, 0) is 30.7 Å². The zero-order valence-corrected chi connectivity index (χ0v) is 19.0. The maximum atomic E-state index is 12.5. The number of anilines is 2. The molecule has 38 heavy (non-hydrogen) atoms. The Morgan fingerprint density at radius 3 is 2.42 bits per heavy atom. The van der Waals surface area contributed by atoms with Gasteiger partial charge in [-0.25, -0.2) is 19.6 Å². The van der Waals surface area contributed by atoms with Crippen molar-refractivity contribution in [3.05, 3.63) is 72.3 Å². The van der Waals surface area contributed by atoms with Gasteiger partial charge in [0.05, 0.1) is 18.4 Å². The highest BCUT2D eigenvalue weighted by molar-refractivity contribution is 5.97. The second kappa shape index (κ2) is 11.8. The lowest BCUT2D eigenvalue weighted by molar-refractivity contribution is -0.730. The average Bonchev–Trinajstić information content (AvgIpc) is 2.84. The number of hydrogen-bond acceptors (Lipinski definition) is 15. The van der Waals surface area contributed by atoms with Crippen molar-refractivity contribution in [2.75, 3.05) is 11.1 Å². The second-order valence-corrected chi connectivity index (χ2v) is 7.30. The predicted molar refractivity (Wildman–Crippen MR) is 123 cm³/mol. The van der Waals surface area contributed by atoms with Crippen molar-refractivity contribution in [2.45, 2.75) is 25.4 Å². The van der Waals surface area contributed by atoms with E-state index >= 15 is 0 Å². The fourth-order valence-corrected chi connectivity index (χ4v) is 3.01. The first-order valence-corrected chi connectivity index (χ1v) is 10.4. The zero-order chi connectivity index (χ0) is 27.8. The first kappa shape index (κ1) is 26.8. The smallest absolute Gasteiger partial charge is 0.325 e. The van der Waals surface area contributed by atoms with E-state index in [-0.39, 0.29) is 29.2 Å². The number of fused-ring (bicyclic) bond motifs is 1. The van der Waals surface area contributed by atoms with Crippen LogP contribution >= 0.6 is 0 Å². The summed E-state index contributed by atoms with van der Waals surface area (Å²) in [7, 11) is 0. The first-order valence-electron chi connectivity index (χ1n) is 10.4. The Morgan fingerprint density at radius 1 is 1.08 bits per heavy atom. The number of amides is 1. The monoisotopic (exact) mass is 531 g/mol. The van der Waals surface area contributed by atoms with Crippen LogP contribution in [-0.2, 0) is 25.8 Å². The van der Waals surface area contributed by atoms with Gasteiger partial charge in [0, 0.05) is 17.7 Å². The quantitative estimate of drug-likeness (QED) is 0.175. The lowest BCUT2D eigenvalue weighted by atomic mass is 10.1. The number of benzene rings is 1. The molecule has 0 fully saturated rings. The second-order valence-electron chi connectivity index (χ2n) is 7.30. The van der Waals surface area contributed by atoms with Gasteiger partial charge < -0.3 is 16.4 Å². The van der Waals surface area contributed by atoms with Gasteiger partial charge in [0.1, 0.15) is 6.04 Å². The molecule has 0 aliphatic heterocycles. The molecule has 1 amide bonds. The van der Waals surface area contributed by atoms with Gasteiger partial charge in [-0.3, -0.25) is 24.2 Å². The van der Waals surface area contributed by atoms with Crippen molar-refractivity contribution in [1.29, 1.82) is 0 Å². The molecule has 1 atom stereocenters. The number of nitrogens with one attached hydrogen (secondary N) is 3. The lowest BCUT2D eigenvalue weighted by Crippen LogP contribution is -2.43. The Bertz CT molecular complexity index is 1460. The van der Waals surface area contributed by atoms with Crippen molar-refractivity contribution in [3.8, 4) is 0 Å². The van der Waals surface area contributed by atoms with Crippen LogP contribution in [0.1, 0.15) is 28.9 Å². The number of aromatic amines is 1. The lowest BCUT2D eigenvalue weighted by Gasteiger charge is -2.16. The molecule has 19 nitrogen and oxygen atoms in total. The number of rotatable bonds is 11. The fourth-order valence-electron chi connectivity index (χ4n) is 3.01.